The summed E-state index contributed by atoms with van der Waals surface area (Å²) in [5.74, 6) is -1.51. The first kappa shape index (κ1) is 13.9. The molecule has 0 saturated heterocycles. The van der Waals surface area contributed by atoms with Crippen molar-refractivity contribution < 1.29 is 13.6 Å². The molecule has 0 aliphatic carbocycles. The van der Waals surface area contributed by atoms with Gasteiger partial charge in [0, 0.05) is 22.5 Å². The zero-order valence-electron chi connectivity index (χ0n) is 10.2. The van der Waals surface area contributed by atoms with Crippen LogP contribution in [0.25, 0.3) is 0 Å². The number of rotatable bonds is 3. The number of carbonyl (C=O) groups excluding carboxylic acids is 1. The molecule has 2 aromatic carbocycles. The van der Waals surface area contributed by atoms with E-state index in [4.69, 9.17) is 0 Å². The molecule has 0 aliphatic heterocycles. The Kier molecular flexibility index (Phi) is 4.10. The van der Waals surface area contributed by atoms with E-state index >= 15 is 0 Å². The normalized spacial score (nSPS) is 10.5. The van der Waals surface area contributed by atoms with E-state index in [0.29, 0.717) is 11.1 Å². The molecule has 0 N–H and O–H groups in total. The van der Waals surface area contributed by atoms with Crippen molar-refractivity contribution in [3.63, 3.8) is 0 Å². The minimum absolute atomic E-state index is 0.0181. The third kappa shape index (κ3) is 3.47. The lowest BCUT2D eigenvalue weighted by Crippen LogP contribution is -2.04. The number of Topliss-reactive ketones (excluding diaryl/α,β-unsaturated/α-hetero) is 1. The van der Waals surface area contributed by atoms with Crippen LogP contribution in [0.5, 0.6) is 0 Å². The average Bonchev–Trinajstić information content (AvgIpc) is 2.31. The first-order chi connectivity index (χ1) is 8.95. The number of carbonyl (C=O) groups is 1. The first-order valence-electron chi connectivity index (χ1n) is 5.70. The van der Waals surface area contributed by atoms with Gasteiger partial charge < -0.3 is 0 Å². The van der Waals surface area contributed by atoms with Crippen LogP contribution in [-0.4, -0.2) is 5.78 Å². The lowest BCUT2D eigenvalue weighted by atomic mass is 10.0. The van der Waals surface area contributed by atoms with Crippen LogP contribution in [-0.2, 0) is 6.42 Å². The summed E-state index contributed by atoms with van der Waals surface area (Å²) in [5.41, 5.74) is 1.81. The van der Waals surface area contributed by atoms with Crippen molar-refractivity contribution in [3.8, 4) is 0 Å². The van der Waals surface area contributed by atoms with Crippen LogP contribution in [0.3, 0.4) is 0 Å². The van der Waals surface area contributed by atoms with Crippen LogP contribution in [0.1, 0.15) is 21.5 Å². The van der Waals surface area contributed by atoms with E-state index in [2.05, 4.69) is 15.9 Å². The molecule has 0 saturated carbocycles. The molecule has 0 aromatic heterocycles. The second kappa shape index (κ2) is 5.61. The summed E-state index contributed by atoms with van der Waals surface area (Å²) in [4.78, 5) is 12.0. The summed E-state index contributed by atoms with van der Waals surface area (Å²) < 4.78 is 27.0. The van der Waals surface area contributed by atoms with Crippen LogP contribution in [0.2, 0.25) is 0 Å². The van der Waals surface area contributed by atoms with Crippen molar-refractivity contribution in [1.82, 2.24) is 0 Å². The zero-order chi connectivity index (χ0) is 14.0. The molecule has 0 fully saturated rings. The highest BCUT2D eigenvalue weighted by Gasteiger charge is 2.10. The number of hydrogen-bond donors (Lipinski definition) is 0. The quantitative estimate of drug-likeness (QED) is 0.762. The fraction of sp³-hybridized carbons (Fsp3) is 0.133. The molecular weight excluding hydrogens is 314 g/mol. The van der Waals surface area contributed by atoms with Gasteiger partial charge in [0.05, 0.1) is 0 Å². The molecule has 0 radical (unpaired) electrons. The topological polar surface area (TPSA) is 17.1 Å². The zero-order valence-corrected chi connectivity index (χ0v) is 11.8. The Balaban J connectivity index is 2.22. The van der Waals surface area contributed by atoms with Gasteiger partial charge in [0.1, 0.15) is 11.6 Å². The molecule has 2 aromatic rings. The van der Waals surface area contributed by atoms with Crippen molar-refractivity contribution in [2.75, 3.05) is 0 Å². The second-order valence-corrected chi connectivity index (χ2v) is 5.20. The molecule has 0 atom stereocenters. The van der Waals surface area contributed by atoms with E-state index in [1.165, 1.54) is 12.1 Å². The predicted molar refractivity (Wildman–Crippen MR) is 73.3 cm³/mol. The molecule has 98 valence electrons. The van der Waals surface area contributed by atoms with Crippen LogP contribution >= 0.6 is 15.9 Å². The Morgan fingerprint density at radius 2 is 1.74 bits per heavy atom. The summed E-state index contributed by atoms with van der Waals surface area (Å²) in [6, 6.07) is 8.36. The van der Waals surface area contributed by atoms with E-state index < -0.39 is 11.6 Å². The second-order valence-electron chi connectivity index (χ2n) is 4.34. The maximum absolute atomic E-state index is 13.0. The molecule has 0 aliphatic rings. The molecule has 0 spiro atoms. The van der Waals surface area contributed by atoms with Crippen LogP contribution < -0.4 is 0 Å². The van der Waals surface area contributed by atoms with E-state index in [0.717, 1.165) is 16.1 Å². The number of halogens is 3. The Morgan fingerprint density at radius 1 is 1.11 bits per heavy atom. The van der Waals surface area contributed by atoms with Gasteiger partial charge in [0.15, 0.2) is 5.78 Å². The maximum atomic E-state index is 13.0. The first-order valence-corrected chi connectivity index (χ1v) is 6.49. The van der Waals surface area contributed by atoms with Crippen LogP contribution in [0.4, 0.5) is 8.78 Å². The fourth-order valence-corrected chi connectivity index (χ4v) is 2.07. The Morgan fingerprint density at radius 3 is 2.32 bits per heavy atom. The van der Waals surface area contributed by atoms with Gasteiger partial charge >= 0.3 is 0 Å². The lowest BCUT2D eigenvalue weighted by Gasteiger charge is -2.05. The minimum atomic E-state index is -0.671. The summed E-state index contributed by atoms with van der Waals surface area (Å²) >= 11 is 3.35. The van der Waals surface area contributed by atoms with Crippen molar-refractivity contribution in [2.45, 2.75) is 13.3 Å². The third-order valence-electron chi connectivity index (χ3n) is 2.77. The number of hydrogen-bond acceptors (Lipinski definition) is 1. The van der Waals surface area contributed by atoms with E-state index in [-0.39, 0.29) is 12.2 Å². The predicted octanol–water partition coefficient (Wildman–Crippen LogP) is 4.46. The highest BCUT2D eigenvalue weighted by molar-refractivity contribution is 9.10. The number of benzene rings is 2. The molecule has 0 bridgehead atoms. The van der Waals surface area contributed by atoms with E-state index in [9.17, 15) is 13.6 Å². The number of ketones is 1. The molecule has 0 heterocycles. The number of aryl methyl sites for hydroxylation is 1. The fourth-order valence-electron chi connectivity index (χ4n) is 1.82. The van der Waals surface area contributed by atoms with Crippen molar-refractivity contribution >= 4 is 21.7 Å². The van der Waals surface area contributed by atoms with Crippen LogP contribution in [0.15, 0.2) is 40.9 Å². The average molecular weight is 325 g/mol. The summed E-state index contributed by atoms with van der Waals surface area (Å²) in [6.07, 6.45) is -0.0181. The summed E-state index contributed by atoms with van der Waals surface area (Å²) in [7, 11) is 0. The van der Waals surface area contributed by atoms with Crippen LogP contribution in [0, 0.1) is 18.6 Å². The van der Waals surface area contributed by atoms with Gasteiger partial charge in [-0.2, -0.15) is 0 Å². The molecule has 19 heavy (non-hydrogen) atoms. The summed E-state index contributed by atoms with van der Waals surface area (Å²) in [5, 5.41) is 0. The monoisotopic (exact) mass is 324 g/mol. The summed E-state index contributed by atoms with van der Waals surface area (Å²) in [6.45, 7) is 1.88. The Bertz CT molecular complexity index is 618. The van der Waals surface area contributed by atoms with E-state index in [1.54, 1.807) is 18.2 Å². The standard InChI is InChI=1S/C15H11BrF2O/c1-9-4-11(2-3-14(9)16)15(19)7-10-5-12(17)8-13(18)6-10/h2-6,8H,7H2,1H3. The van der Waals surface area contributed by atoms with Crippen molar-refractivity contribution in [1.29, 1.82) is 0 Å². The Hall–Kier alpha value is -1.55. The molecule has 2 rings (SSSR count). The van der Waals surface area contributed by atoms with Crippen molar-refractivity contribution in [3.05, 3.63) is 69.2 Å². The van der Waals surface area contributed by atoms with Gasteiger partial charge in [-0.15, -0.1) is 0 Å². The SMILES string of the molecule is Cc1cc(C(=O)Cc2cc(F)cc(F)c2)ccc1Br. The van der Waals surface area contributed by atoms with Gasteiger partial charge in [-0.3, -0.25) is 4.79 Å². The van der Waals surface area contributed by atoms with Gasteiger partial charge in [0.2, 0.25) is 0 Å². The molecule has 4 heteroatoms. The smallest absolute Gasteiger partial charge is 0.167 e. The van der Waals surface area contributed by atoms with Gasteiger partial charge in [0.25, 0.3) is 0 Å². The van der Waals surface area contributed by atoms with Gasteiger partial charge in [-0.25, -0.2) is 8.78 Å². The molecule has 0 amide bonds. The minimum Gasteiger partial charge on any atom is -0.294 e. The third-order valence-corrected chi connectivity index (χ3v) is 3.66. The molecule has 0 unspecified atom stereocenters. The largest absolute Gasteiger partial charge is 0.294 e. The maximum Gasteiger partial charge on any atom is 0.167 e. The molecular formula is C15H11BrF2O. The van der Waals surface area contributed by atoms with Crippen molar-refractivity contribution in [2.24, 2.45) is 0 Å². The van der Waals surface area contributed by atoms with Gasteiger partial charge in [-0.05, 0) is 42.3 Å². The Labute approximate surface area is 118 Å². The lowest BCUT2D eigenvalue weighted by molar-refractivity contribution is 0.0993. The molecule has 1 nitrogen and oxygen atoms in total. The van der Waals surface area contributed by atoms with E-state index in [1.807, 2.05) is 6.92 Å². The van der Waals surface area contributed by atoms with Gasteiger partial charge in [-0.1, -0.05) is 22.0 Å². The highest BCUT2D eigenvalue weighted by atomic mass is 79.9. The highest BCUT2D eigenvalue weighted by Crippen LogP contribution is 2.18.